The largest absolute Gasteiger partial charge is 0.377 e. The van der Waals surface area contributed by atoms with Crippen molar-refractivity contribution in [2.24, 2.45) is 5.73 Å². The Labute approximate surface area is 67.1 Å². The Balaban J connectivity index is 3.45. The summed E-state index contributed by atoms with van der Waals surface area (Å²) in [5.41, 5.74) is 4.68. The van der Waals surface area contributed by atoms with Gasteiger partial charge in [-0.3, -0.25) is 4.79 Å². The Morgan fingerprint density at radius 3 is 2.55 bits per heavy atom. The van der Waals surface area contributed by atoms with E-state index in [1.54, 1.807) is 7.11 Å². The summed E-state index contributed by atoms with van der Waals surface area (Å²) in [5, 5.41) is 2.88. The van der Waals surface area contributed by atoms with E-state index < -0.39 is 0 Å². The van der Waals surface area contributed by atoms with Crippen LogP contribution in [-0.2, 0) is 9.53 Å². The number of primary amides is 1. The molecule has 0 saturated carbocycles. The van der Waals surface area contributed by atoms with Gasteiger partial charge in [0, 0.05) is 13.7 Å². The lowest BCUT2D eigenvalue weighted by molar-refractivity contribution is -0.117. The van der Waals surface area contributed by atoms with Gasteiger partial charge in [-0.15, -0.1) is 0 Å². The lowest BCUT2D eigenvalue weighted by atomic mass is 10.1. The number of methoxy groups -OCH3 is 1. The fraction of sp³-hybridized carbons (Fsp3) is 0.857. The molecule has 3 N–H and O–H groups in total. The van der Waals surface area contributed by atoms with E-state index in [9.17, 15) is 4.79 Å². The number of carbonyl (C=O) groups excluding carboxylic acids is 1. The average molecular weight is 160 g/mol. The second-order valence-corrected chi connectivity index (χ2v) is 3.03. The number of ether oxygens (including phenoxy) is 1. The highest BCUT2D eigenvalue weighted by molar-refractivity contribution is 5.75. The SMILES string of the molecule is COC(C)(C)CNCC(N)=O. The zero-order valence-electron chi connectivity index (χ0n) is 7.31. The van der Waals surface area contributed by atoms with Crippen LogP contribution in [0.2, 0.25) is 0 Å². The molecule has 0 unspecified atom stereocenters. The summed E-state index contributed by atoms with van der Waals surface area (Å²) in [7, 11) is 1.63. The highest BCUT2D eigenvalue weighted by Gasteiger charge is 2.15. The van der Waals surface area contributed by atoms with E-state index in [-0.39, 0.29) is 18.1 Å². The highest BCUT2D eigenvalue weighted by atomic mass is 16.5. The third-order valence-electron chi connectivity index (χ3n) is 1.40. The van der Waals surface area contributed by atoms with Crippen LogP contribution in [-0.4, -0.2) is 31.7 Å². The van der Waals surface area contributed by atoms with Gasteiger partial charge in [-0.25, -0.2) is 0 Å². The first-order valence-electron chi connectivity index (χ1n) is 3.52. The van der Waals surface area contributed by atoms with E-state index in [1.807, 2.05) is 13.8 Å². The maximum absolute atomic E-state index is 10.3. The zero-order valence-corrected chi connectivity index (χ0v) is 7.31. The number of rotatable bonds is 5. The summed E-state index contributed by atoms with van der Waals surface area (Å²) in [6.45, 7) is 4.68. The molecule has 11 heavy (non-hydrogen) atoms. The Bertz CT molecular complexity index is 134. The van der Waals surface area contributed by atoms with Crippen LogP contribution in [0.1, 0.15) is 13.8 Å². The number of hydrogen-bond acceptors (Lipinski definition) is 3. The van der Waals surface area contributed by atoms with Gasteiger partial charge in [-0.2, -0.15) is 0 Å². The molecule has 0 bridgehead atoms. The molecule has 0 aromatic rings. The first-order valence-corrected chi connectivity index (χ1v) is 3.52. The van der Waals surface area contributed by atoms with Gasteiger partial charge in [-0.05, 0) is 13.8 Å². The molecule has 4 nitrogen and oxygen atoms in total. The van der Waals surface area contributed by atoms with Crippen molar-refractivity contribution < 1.29 is 9.53 Å². The van der Waals surface area contributed by atoms with Gasteiger partial charge in [0.15, 0.2) is 0 Å². The molecule has 0 atom stereocenters. The molecule has 4 heteroatoms. The topological polar surface area (TPSA) is 64.3 Å². The smallest absolute Gasteiger partial charge is 0.231 e. The minimum Gasteiger partial charge on any atom is -0.377 e. The third-order valence-corrected chi connectivity index (χ3v) is 1.40. The van der Waals surface area contributed by atoms with Crippen LogP contribution < -0.4 is 11.1 Å². The highest BCUT2D eigenvalue weighted by Crippen LogP contribution is 2.03. The molecule has 0 rings (SSSR count). The molecule has 0 aliphatic carbocycles. The average Bonchev–Trinajstić information content (AvgIpc) is 1.87. The number of nitrogens with one attached hydrogen (secondary N) is 1. The van der Waals surface area contributed by atoms with Crippen molar-refractivity contribution in [3.05, 3.63) is 0 Å². The first-order chi connectivity index (χ1) is 4.98. The first kappa shape index (κ1) is 10.4. The summed E-state index contributed by atoms with van der Waals surface area (Å²) in [6, 6.07) is 0. The Morgan fingerprint density at radius 1 is 1.64 bits per heavy atom. The molecule has 66 valence electrons. The van der Waals surface area contributed by atoms with Crippen LogP contribution in [0.5, 0.6) is 0 Å². The molecule has 0 spiro atoms. The molecular weight excluding hydrogens is 144 g/mol. The van der Waals surface area contributed by atoms with E-state index in [0.29, 0.717) is 6.54 Å². The van der Waals surface area contributed by atoms with Crippen molar-refractivity contribution in [2.45, 2.75) is 19.4 Å². The molecule has 0 fully saturated rings. The van der Waals surface area contributed by atoms with Crippen LogP contribution in [0.25, 0.3) is 0 Å². The normalized spacial score (nSPS) is 11.5. The quantitative estimate of drug-likeness (QED) is 0.569. The molecule has 0 aliphatic heterocycles. The third kappa shape index (κ3) is 5.82. The van der Waals surface area contributed by atoms with E-state index in [4.69, 9.17) is 10.5 Å². The summed E-state index contributed by atoms with van der Waals surface area (Å²) in [6.07, 6.45) is 0. The number of nitrogens with two attached hydrogens (primary N) is 1. The molecule has 0 saturated heterocycles. The van der Waals surface area contributed by atoms with Crippen LogP contribution >= 0.6 is 0 Å². The number of hydrogen-bond donors (Lipinski definition) is 2. The molecule has 0 radical (unpaired) electrons. The summed E-state index contributed by atoms with van der Waals surface area (Å²) in [5.74, 6) is -0.350. The summed E-state index contributed by atoms with van der Waals surface area (Å²) >= 11 is 0. The van der Waals surface area contributed by atoms with Crippen LogP contribution in [0.4, 0.5) is 0 Å². The fourth-order valence-corrected chi connectivity index (χ4v) is 0.559. The Kier molecular flexibility index (Phi) is 4.07. The van der Waals surface area contributed by atoms with Crippen molar-refractivity contribution in [3.63, 3.8) is 0 Å². The van der Waals surface area contributed by atoms with Gasteiger partial charge in [0.25, 0.3) is 0 Å². The van der Waals surface area contributed by atoms with Crippen molar-refractivity contribution in [1.29, 1.82) is 0 Å². The van der Waals surface area contributed by atoms with Crippen molar-refractivity contribution in [3.8, 4) is 0 Å². The second-order valence-electron chi connectivity index (χ2n) is 3.03. The predicted molar refractivity (Wildman–Crippen MR) is 43.2 cm³/mol. The summed E-state index contributed by atoms with van der Waals surface area (Å²) < 4.78 is 5.10. The maximum atomic E-state index is 10.3. The zero-order chi connectivity index (χ0) is 8.91. The van der Waals surface area contributed by atoms with Gasteiger partial charge in [0.05, 0.1) is 12.1 Å². The molecule has 0 aliphatic rings. The van der Waals surface area contributed by atoms with E-state index >= 15 is 0 Å². The van der Waals surface area contributed by atoms with E-state index in [0.717, 1.165) is 0 Å². The lowest BCUT2D eigenvalue weighted by Crippen LogP contribution is -2.40. The lowest BCUT2D eigenvalue weighted by Gasteiger charge is -2.22. The van der Waals surface area contributed by atoms with Crippen molar-refractivity contribution in [1.82, 2.24) is 5.32 Å². The van der Waals surface area contributed by atoms with Gasteiger partial charge in [-0.1, -0.05) is 0 Å². The summed E-state index contributed by atoms with van der Waals surface area (Å²) in [4.78, 5) is 10.3. The number of amides is 1. The van der Waals surface area contributed by atoms with Crippen molar-refractivity contribution >= 4 is 5.91 Å². The molecule has 0 aromatic heterocycles. The van der Waals surface area contributed by atoms with E-state index in [1.165, 1.54) is 0 Å². The minimum absolute atomic E-state index is 0.201. The maximum Gasteiger partial charge on any atom is 0.231 e. The Hall–Kier alpha value is -0.610. The van der Waals surface area contributed by atoms with E-state index in [2.05, 4.69) is 5.32 Å². The van der Waals surface area contributed by atoms with Crippen LogP contribution in [0.3, 0.4) is 0 Å². The van der Waals surface area contributed by atoms with Gasteiger partial charge in [0.2, 0.25) is 5.91 Å². The van der Waals surface area contributed by atoms with Gasteiger partial charge < -0.3 is 15.8 Å². The Morgan fingerprint density at radius 2 is 2.18 bits per heavy atom. The fourth-order valence-electron chi connectivity index (χ4n) is 0.559. The molecular formula is C7H16N2O2. The van der Waals surface area contributed by atoms with Crippen LogP contribution in [0, 0.1) is 0 Å². The van der Waals surface area contributed by atoms with Gasteiger partial charge >= 0.3 is 0 Å². The van der Waals surface area contributed by atoms with Crippen LogP contribution in [0.15, 0.2) is 0 Å². The predicted octanol–water partition coefficient (Wildman–Crippen LogP) is -0.514. The monoisotopic (exact) mass is 160 g/mol. The standard InChI is InChI=1S/C7H16N2O2/c1-7(2,11-3)5-9-4-6(8)10/h9H,4-5H2,1-3H3,(H2,8,10). The molecule has 0 heterocycles. The van der Waals surface area contributed by atoms with Crippen molar-refractivity contribution in [2.75, 3.05) is 20.2 Å². The second kappa shape index (κ2) is 4.31. The minimum atomic E-state index is -0.350. The van der Waals surface area contributed by atoms with Gasteiger partial charge in [0.1, 0.15) is 0 Å². The molecule has 0 aromatic carbocycles. The molecule has 1 amide bonds. The number of carbonyl (C=O) groups is 1.